The van der Waals surface area contributed by atoms with E-state index in [4.69, 9.17) is 0 Å². The van der Waals surface area contributed by atoms with Gasteiger partial charge in [-0.2, -0.15) is 0 Å². The Morgan fingerprint density at radius 2 is 2.04 bits per heavy atom. The molecule has 0 saturated heterocycles. The van der Waals surface area contributed by atoms with Crippen molar-refractivity contribution in [2.45, 2.75) is 53.5 Å². The van der Waals surface area contributed by atoms with Gasteiger partial charge in [0.1, 0.15) is 0 Å². The van der Waals surface area contributed by atoms with Gasteiger partial charge in [-0.05, 0) is 55.7 Å². The molecule has 4 heteroatoms. The fraction of sp³-hybridized carbons (Fsp3) is 0.417. The second-order valence-electron chi connectivity index (χ2n) is 8.06. The normalized spacial score (nSPS) is 21.0. The summed E-state index contributed by atoms with van der Waals surface area (Å²) in [6.45, 7) is 10.8. The standard InChI is InChI=1S/C24H32N2O2/c1-18(8-7-9-19(2)16-23(27)28-6)10-11-21-20(3)22(12-13-24(21,4)5)26-15-14-25-17-26/h7-11,14-17,22H,12-13H2,1-6H3/b9-7+,11-10+,18-8+,19-16+. The topological polar surface area (TPSA) is 44.1 Å². The molecule has 1 aromatic rings. The Morgan fingerprint density at radius 3 is 2.68 bits per heavy atom. The maximum Gasteiger partial charge on any atom is 0.330 e. The molecule has 150 valence electrons. The van der Waals surface area contributed by atoms with Crippen molar-refractivity contribution in [2.75, 3.05) is 7.11 Å². The Kier molecular flexibility index (Phi) is 7.38. The van der Waals surface area contributed by atoms with Crippen LogP contribution in [0.2, 0.25) is 0 Å². The predicted octanol–water partition coefficient (Wildman–Crippen LogP) is 5.74. The van der Waals surface area contributed by atoms with Crippen LogP contribution < -0.4 is 0 Å². The first-order valence-electron chi connectivity index (χ1n) is 9.72. The maximum absolute atomic E-state index is 11.2. The van der Waals surface area contributed by atoms with E-state index in [1.54, 1.807) is 0 Å². The summed E-state index contributed by atoms with van der Waals surface area (Å²) in [5.41, 5.74) is 4.98. The van der Waals surface area contributed by atoms with Gasteiger partial charge >= 0.3 is 5.97 Å². The van der Waals surface area contributed by atoms with Gasteiger partial charge in [0.25, 0.3) is 0 Å². The Hall–Kier alpha value is -2.62. The number of hydrogen-bond donors (Lipinski definition) is 0. The first-order chi connectivity index (χ1) is 13.2. The van der Waals surface area contributed by atoms with Crippen LogP contribution in [-0.2, 0) is 9.53 Å². The minimum absolute atomic E-state index is 0.160. The van der Waals surface area contributed by atoms with Gasteiger partial charge in [0.05, 0.1) is 19.5 Å². The van der Waals surface area contributed by atoms with Crippen molar-refractivity contribution in [3.8, 4) is 0 Å². The fourth-order valence-electron chi connectivity index (χ4n) is 3.66. The van der Waals surface area contributed by atoms with Crippen LogP contribution in [-0.4, -0.2) is 22.6 Å². The molecule has 1 aromatic heterocycles. The molecule has 0 bridgehead atoms. The van der Waals surface area contributed by atoms with E-state index in [1.807, 2.05) is 43.9 Å². The molecule has 0 aliphatic heterocycles. The fourth-order valence-corrected chi connectivity index (χ4v) is 3.66. The molecule has 1 heterocycles. The molecule has 0 amide bonds. The van der Waals surface area contributed by atoms with Gasteiger partial charge < -0.3 is 9.30 Å². The van der Waals surface area contributed by atoms with E-state index in [-0.39, 0.29) is 11.4 Å². The zero-order valence-corrected chi connectivity index (χ0v) is 17.9. The van der Waals surface area contributed by atoms with Crippen LogP contribution in [0.3, 0.4) is 0 Å². The van der Waals surface area contributed by atoms with Crippen molar-refractivity contribution >= 4 is 5.97 Å². The van der Waals surface area contributed by atoms with Gasteiger partial charge in [-0.1, -0.05) is 49.8 Å². The van der Waals surface area contributed by atoms with Crippen LogP contribution in [0, 0.1) is 5.41 Å². The molecule has 1 unspecified atom stereocenters. The molecule has 0 saturated carbocycles. The van der Waals surface area contributed by atoms with Gasteiger partial charge in [-0.3, -0.25) is 0 Å². The lowest BCUT2D eigenvalue weighted by molar-refractivity contribution is -0.134. The van der Waals surface area contributed by atoms with Gasteiger partial charge in [0.15, 0.2) is 0 Å². The third kappa shape index (κ3) is 5.69. The monoisotopic (exact) mass is 380 g/mol. The van der Waals surface area contributed by atoms with Crippen molar-refractivity contribution in [3.63, 3.8) is 0 Å². The van der Waals surface area contributed by atoms with Gasteiger partial charge in [0, 0.05) is 18.5 Å². The smallest absolute Gasteiger partial charge is 0.330 e. The third-order valence-corrected chi connectivity index (χ3v) is 5.36. The minimum atomic E-state index is -0.336. The molecule has 0 spiro atoms. The Balaban J connectivity index is 2.18. The molecule has 4 nitrogen and oxygen atoms in total. The van der Waals surface area contributed by atoms with E-state index in [2.05, 4.69) is 54.1 Å². The van der Waals surface area contributed by atoms with Crippen LogP contribution >= 0.6 is 0 Å². The van der Waals surface area contributed by atoms with Crippen LogP contribution in [0.25, 0.3) is 0 Å². The average molecular weight is 381 g/mol. The van der Waals surface area contributed by atoms with E-state index in [9.17, 15) is 4.79 Å². The summed E-state index contributed by atoms with van der Waals surface area (Å²) in [7, 11) is 1.38. The number of carbonyl (C=O) groups excluding carboxylic acids is 1. The van der Waals surface area contributed by atoms with E-state index >= 15 is 0 Å². The summed E-state index contributed by atoms with van der Waals surface area (Å²) >= 11 is 0. The number of hydrogen-bond acceptors (Lipinski definition) is 3. The first-order valence-corrected chi connectivity index (χ1v) is 9.72. The quantitative estimate of drug-likeness (QED) is 0.359. The Bertz CT molecular complexity index is 834. The van der Waals surface area contributed by atoms with Crippen molar-refractivity contribution in [3.05, 3.63) is 77.5 Å². The molecule has 28 heavy (non-hydrogen) atoms. The SMILES string of the molecule is COC(=O)/C=C(C)/C=C/C=C(C)/C=C/C1=C(C)C(n2ccnc2)CCC1(C)C. The number of carbonyl (C=O) groups is 1. The summed E-state index contributed by atoms with van der Waals surface area (Å²) in [5, 5.41) is 0. The second kappa shape index (κ2) is 9.54. The lowest BCUT2D eigenvalue weighted by atomic mass is 9.71. The zero-order chi connectivity index (χ0) is 20.7. The molecule has 0 N–H and O–H groups in total. The van der Waals surface area contributed by atoms with Crippen LogP contribution in [0.1, 0.15) is 53.5 Å². The van der Waals surface area contributed by atoms with Crippen LogP contribution in [0.4, 0.5) is 0 Å². The number of methoxy groups -OCH3 is 1. The van der Waals surface area contributed by atoms with Crippen LogP contribution in [0.15, 0.2) is 77.5 Å². The highest BCUT2D eigenvalue weighted by atomic mass is 16.5. The number of esters is 1. The number of aromatic nitrogens is 2. The highest BCUT2D eigenvalue weighted by molar-refractivity contribution is 5.83. The summed E-state index contributed by atoms with van der Waals surface area (Å²) in [6, 6.07) is 0.380. The molecular weight excluding hydrogens is 348 g/mol. The Morgan fingerprint density at radius 1 is 1.29 bits per heavy atom. The minimum Gasteiger partial charge on any atom is -0.466 e. The van der Waals surface area contributed by atoms with E-state index < -0.39 is 0 Å². The zero-order valence-electron chi connectivity index (χ0n) is 17.9. The highest BCUT2D eigenvalue weighted by Crippen LogP contribution is 2.45. The lowest BCUT2D eigenvalue weighted by Crippen LogP contribution is -2.25. The van der Waals surface area contributed by atoms with E-state index in [1.165, 1.54) is 24.3 Å². The molecule has 1 aliphatic carbocycles. The van der Waals surface area contributed by atoms with E-state index in [0.29, 0.717) is 6.04 Å². The predicted molar refractivity (Wildman–Crippen MR) is 115 cm³/mol. The summed E-state index contributed by atoms with van der Waals surface area (Å²) < 4.78 is 6.84. The number of rotatable bonds is 6. The van der Waals surface area contributed by atoms with Gasteiger partial charge in [-0.25, -0.2) is 9.78 Å². The average Bonchev–Trinajstić information content (AvgIpc) is 3.15. The molecule has 0 aromatic carbocycles. The first kappa shape index (κ1) is 21.7. The molecule has 2 rings (SSSR count). The van der Waals surface area contributed by atoms with E-state index in [0.717, 1.165) is 24.0 Å². The molecule has 0 radical (unpaired) electrons. The van der Waals surface area contributed by atoms with Gasteiger partial charge in [-0.15, -0.1) is 0 Å². The number of imidazole rings is 1. The number of nitrogens with zero attached hydrogens (tertiary/aromatic N) is 2. The molecular formula is C24H32N2O2. The number of ether oxygens (including phenoxy) is 1. The molecule has 1 aliphatic rings. The van der Waals surface area contributed by atoms with Crippen molar-refractivity contribution in [1.82, 2.24) is 9.55 Å². The summed E-state index contributed by atoms with van der Waals surface area (Å²) in [6.07, 6.45) is 19.9. The second-order valence-corrected chi connectivity index (χ2v) is 8.06. The largest absolute Gasteiger partial charge is 0.466 e. The van der Waals surface area contributed by atoms with Gasteiger partial charge in [0.2, 0.25) is 0 Å². The third-order valence-electron chi connectivity index (χ3n) is 5.36. The maximum atomic E-state index is 11.2. The molecule has 1 atom stereocenters. The summed E-state index contributed by atoms with van der Waals surface area (Å²) in [5.74, 6) is -0.336. The van der Waals surface area contributed by atoms with Crippen molar-refractivity contribution in [2.24, 2.45) is 5.41 Å². The lowest BCUT2D eigenvalue weighted by Gasteiger charge is -2.37. The highest BCUT2D eigenvalue weighted by Gasteiger charge is 2.32. The van der Waals surface area contributed by atoms with Crippen LogP contribution in [0.5, 0.6) is 0 Å². The van der Waals surface area contributed by atoms with Crippen molar-refractivity contribution in [1.29, 1.82) is 0 Å². The van der Waals surface area contributed by atoms with Crippen molar-refractivity contribution < 1.29 is 9.53 Å². The number of allylic oxidation sites excluding steroid dienone is 9. The molecule has 0 fully saturated rings. The summed E-state index contributed by atoms with van der Waals surface area (Å²) in [4.78, 5) is 15.4. The Labute approximate surface area is 169 Å².